The van der Waals surface area contributed by atoms with Gasteiger partial charge in [0.1, 0.15) is 5.82 Å². The van der Waals surface area contributed by atoms with E-state index in [9.17, 15) is 0 Å². The number of anilines is 1. The van der Waals surface area contributed by atoms with Gasteiger partial charge >= 0.3 is 0 Å². The average molecular weight is 291 g/mol. The Morgan fingerprint density at radius 1 is 1.33 bits per heavy atom. The Labute approximate surface area is 128 Å². The third-order valence-corrected chi connectivity index (χ3v) is 4.16. The van der Waals surface area contributed by atoms with Gasteiger partial charge in [-0.2, -0.15) is 0 Å². The summed E-state index contributed by atoms with van der Waals surface area (Å²) in [6.45, 7) is 10.2. The van der Waals surface area contributed by atoms with Gasteiger partial charge in [-0.15, -0.1) is 0 Å². The molecular formula is C17H29N3O. The predicted molar refractivity (Wildman–Crippen MR) is 88.0 cm³/mol. The van der Waals surface area contributed by atoms with E-state index in [-0.39, 0.29) is 0 Å². The number of ether oxygens (including phenoxy) is 1. The molecule has 0 amide bonds. The highest BCUT2D eigenvalue weighted by Crippen LogP contribution is 2.23. The fourth-order valence-corrected chi connectivity index (χ4v) is 2.70. The van der Waals surface area contributed by atoms with E-state index in [1.165, 1.54) is 11.3 Å². The predicted octanol–water partition coefficient (Wildman–Crippen LogP) is 2.93. The van der Waals surface area contributed by atoms with Crippen molar-refractivity contribution in [1.82, 2.24) is 10.3 Å². The Morgan fingerprint density at radius 3 is 2.67 bits per heavy atom. The van der Waals surface area contributed by atoms with E-state index in [0.29, 0.717) is 12.0 Å². The van der Waals surface area contributed by atoms with Crippen molar-refractivity contribution in [3.8, 4) is 0 Å². The van der Waals surface area contributed by atoms with E-state index in [2.05, 4.69) is 50.2 Å². The Bertz CT molecular complexity index is 442. The molecule has 1 aliphatic heterocycles. The fraction of sp³-hybridized carbons (Fsp3) is 0.706. The summed E-state index contributed by atoms with van der Waals surface area (Å²) in [5.74, 6) is 1.55. The molecule has 0 unspecified atom stereocenters. The van der Waals surface area contributed by atoms with Crippen LogP contribution in [0.2, 0.25) is 0 Å². The lowest BCUT2D eigenvalue weighted by Gasteiger charge is -2.32. The molecule has 0 aliphatic carbocycles. The topological polar surface area (TPSA) is 37.4 Å². The minimum Gasteiger partial charge on any atom is -0.381 e. The van der Waals surface area contributed by atoms with E-state index in [1.807, 2.05) is 0 Å². The number of rotatable bonds is 6. The molecule has 4 heteroatoms. The second-order valence-electron chi connectivity index (χ2n) is 6.15. The molecule has 0 spiro atoms. The van der Waals surface area contributed by atoms with Crippen LogP contribution in [-0.2, 0) is 11.3 Å². The molecule has 1 saturated heterocycles. The molecule has 0 atom stereocenters. The number of hydrogen-bond donors (Lipinski definition) is 1. The summed E-state index contributed by atoms with van der Waals surface area (Å²) in [6.07, 6.45) is 2.18. The van der Waals surface area contributed by atoms with Crippen molar-refractivity contribution in [2.45, 2.75) is 52.1 Å². The Kier molecular flexibility index (Phi) is 6.00. The summed E-state index contributed by atoms with van der Waals surface area (Å²) in [7, 11) is 2.17. The number of aromatic nitrogens is 1. The van der Waals surface area contributed by atoms with E-state index >= 15 is 0 Å². The number of nitrogens with zero attached hydrogens (tertiary/aromatic N) is 2. The highest BCUT2D eigenvalue weighted by molar-refractivity contribution is 5.43. The summed E-state index contributed by atoms with van der Waals surface area (Å²) in [5, 5.41) is 3.41. The lowest BCUT2D eigenvalue weighted by Crippen LogP contribution is -2.37. The molecular weight excluding hydrogens is 262 g/mol. The smallest absolute Gasteiger partial charge is 0.129 e. The molecule has 118 valence electrons. The van der Waals surface area contributed by atoms with Crippen molar-refractivity contribution in [2.75, 3.05) is 31.7 Å². The first-order chi connectivity index (χ1) is 10.1. The summed E-state index contributed by atoms with van der Waals surface area (Å²) >= 11 is 0. The molecule has 2 rings (SSSR count). The van der Waals surface area contributed by atoms with Crippen molar-refractivity contribution >= 4 is 5.82 Å². The first-order valence-electron chi connectivity index (χ1n) is 8.14. The van der Waals surface area contributed by atoms with E-state index in [0.717, 1.165) is 45.0 Å². The van der Waals surface area contributed by atoms with Crippen molar-refractivity contribution < 1.29 is 4.74 Å². The normalized spacial score (nSPS) is 16.4. The summed E-state index contributed by atoms with van der Waals surface area (Å²) < 4.78 is 5.47. The summed E-state index contributed by atoms with van der Waals surface area (Å²) in [5.41, 5.74) is 2.50. The van der Waals surface area contributed by atoms with Crippen LogP contribution in [0, 0.1) is 0 Å². The van der Waals surface area contributed by atoms with E-state index < -0.39 is 0 Å². The van der Waals surface area contributed by atoms with Crippen LogP contribution in [0.3, 0.4) is 0 Å². The van der Waals surface area contributed by atoms with Gasteiger partial charge < -0.3 is 15.0 Å². The SMILES string of the molecule is CCNCc1cc(C(C)C)nc(N(C)C2CCOCC2)c1. The molecule has 1 aromatic rings. The van der Waals surface area contributed by atoms with Gasteiger partial charge in [0.05, 0.1) is 0 Å². The quantitative estimate of drug-likeness (QED) is 0.874. The Morgan fingerprint density at radius 2 is 2.05 bits per heavy atom. The zero-order valence-electron chi connectivity index (χ0n) is 13.9. The van der Waals surface area contributed by atoms with Crippen molar-refractivity contribution in [3.05, 3.63) is 23.4 Å². The molecule has 1 aromatic heterocycles. The molecule has 21 heavy (non-hydrogen) atoms. The van der Waals surface area contributed by atoms with Crippen LogP contribution in [0.1, 0.15) is 50.8 Å². The number of nitrogens with one attached hydrogen (secondary N) is 1. The minimum absolute atomic E-state index is 0.452. The van der Waals surface area contributed by atoms with Gasteiger partial charge in [-0.3, -0.25) is 0 Å². The molecule has 1 N–H and O–H groups in total. The lowest BCUT2D eigenvalue weighted by molar-refractivity contribution is 0.0853. The zero-order chi connectivity index (χ0) is 15.2. The van der Waals surface area contributed by atoms with Crippen molar-refractivity contribution in [1.29, 1.82) is 0 Å². The van der Waals surface area contributed by atoms with Crippen LogP contribution < -0.4 is 10.2 Å². The number of pyridine rings is 1. The van der Waals surface area contributed by atoms with Crippen molar-refractivity contribution in [2.24, 2.45) is 0 Å². The van der Waals surface area contributed by atoms with Gasteiger partial charge in [0.25, 0.3) is 0 Å². The first kappa shape index (κ1) is 16.2. The highest BCUT2D eigenvalue weighted by atomic mass is 16.5. The molecule has 2 heterocycles. The first-order valence-corrected chi connectivity index (χ1v) is 8.14. The standard InChI is InChI=1S/C17H29N3O/c1-5-18-12-14-10-16(13(2)3)19-17(11-14)20(4)15-6-8-21-9-7-15/h10-11,13,15,18H,5-9,12H2,1-4H3. The van der Waals surface area contributed by atoms with Gasteiger partial charge in [-0.25, -0.2) is 4.98 Å². The molecule has 1 aliphatic rings. The monoisotopic (exact) mass is 291 g/mol. The van der Waals surface area contributed by atoms with Gasteiger partial charge in [-0.05, 0) is 43.0 Å². The van der Waals surface area contributed by atoms with Crippen LogP contribution in [0.4, 0.5) is 5.82 Å². The maximum Gasteiger partial charge on any atom is 0.129 e. The van der Waals surface area contributed by atoms with Gasteiger partial charge in [0, 0.05) is 38.5 Å². The molecule has 0 bridgehead atoms. The van der Waals surface area contributed by atoms with Crippen LogP contribution in [0.5, 0.6) is 0 Å². The van der Waals surface area contributed by atoms with Gasteiger partial charge in [0.15, 0.2) is 0 Å². The maximum absolute atomic E-state index is 5.47. The summed E-state index contributed by atoms with van der Waals surface area (Å²) in [6, 6.07) is 5.00. The Balaban J connectivity index is 2.21. The Hall–Kier alpha value is -1.13. The largest absolute Gasteiger partial charge is 0.381 e. The minimum atomic E-state index is 0.452. The highest BCUT2D eigenvalue weighted by Gasteiger charge is 2.20. The van der Waals surface area contributed by atoms with Crippen LogP contribution in [0.15, 0.2) is 12.1 Å². The van der Waals surface area contributed by atoms with E-state index in [1.54, 1.807) is 0 Å². The fourth-order valence-electron chi connectivity index (χ4n) is 2.70. The van der Waals surface area contributed by atoms with E-state index in [4.69, 9.17) is 9.72 Å². The van der Waals surface area contributed by atoms with Crippen molar-refractivity contribution in [3.63, 3.8) is 0 Å². The van der Waals surface area contributed by atoms with Crippen LogP contribution in [0.25, 0.3) is 0 Å². The number of hydrogen-bond acceptors (Lipinski definition) is 4. The molecule has 4 nitrogen and oxygen atoms in total. The molecule has 0 aromatic carbocycles. The van der Waals surface area contributed by atoms with Crippen LogP contribution in [-0.4, -0.2) is 37.8 Å². The molecule has 0 saturated carbocycles. The summed E-state index contributed by atoms with van der Waals surface area (Å²) in [4.78, 5) is 7.21. The third kappa shape index (κ3) is 4.42. The second kappa shape index (κ2) is 7.76. The van der Waals surface area contributed by atoms with Crippen LogP contribution >= 0.6 is 0 Å². The van der Waals surface area contributed by atoms with Gasteiger partial charge in [-0.1, -0.05) is 20.8 Å². The lowest BCUT2D eigenvalue weighted by atomic mass is 10.1. The molecule has 0 radical (unpaired) electrons. The van der Waals surface area contributed by atoms with Gasteiger partial charge in [0.2, 0.25) is 0 Å². The zero-order valence-corrected chi connectivity index (χ0v) is 13.9. The maximum atomic E-state index is 5.47. The second-order valence-corrected chi connectivity index (χ2v) is 6.15. The average Bonchev–Trinajstić information content (AvgIpc) is 2.52. The third-order valence-electron chi connectivity index (χ3n) is 4.16. The molecule has 1 fully saturated rings.